The number of imidazole rings is 1. The molecule has 0 saturated heterocycles. The van der Waals surface area contributed by atoms with Crippen LogP contribution in [0.3, 0.4) is 0 Å². The molecular weight excluding hydrogens is 629 g/mol. The minimum atomic E-state index is -4.18. The lowest BCUT2D eigenvalue weighted by molar-refractivity contribution is -0.146. The number of ether oxygens (including phenoxy) is 2. The fourth-order valence-corrected chi connectivity index (χ4v) is 7.21. The van der Waals surface area contributed by atoms with Gasteiger partial charge in [-0.1, -0.05) is 86.5 Å². The maximum absolute atomic E-state index is 14.6. The van der Waals surface area contributed by atoms with Crippen molar-refractivity contribution in [2.45, 2.75) is 71.8 Å². The van der Waals surface area contributed by atoms with E-state index in [1.807, 2.05) is 74.5 Å². The predicted molar refractivity (Wildman–Crippen MR) is 187 cm³/mol. The van der Waals surface area contributed by atoms with Gasteiger partial charge < -0.3 is 24.3 Å². The Morgan fingerprint density at radius 1 is 0.979 bits per heavy atom. The van der Waals surface area contributed by atoms with Crippen molar-refractivity contribution in [2.24, 2.45) is 0 Å². The summed E-state index contributed by atoms with van der Waals surface area (Å²) in [5.74, 6) is 0.676. The maximum atomic E-state index is 14.6. The summed E-state index contributed by atoms with van der Waals surface area (Å²) >= 11 is 0. The summed E-state index contributed by atoms with van der Waals surface area (Å²) in [7, 11) is -4.18. The fraction of sp³-hybridized carbons (Fsp3) is 0.361. The zero-order valence-electron chi connectivity index (χ0n) is 27.9. The van der Waals surface area contributed by atoms with E-state index < -0.39 is 25.3 Å². The monoisotopic (exact) mass is 673 g/mol. The highest BCUT2D eigenvalue weighted by Crippen LogP contribution is 2.47. The first-order chi connectivity index (χ1) is 23.2. The number of unbranched alkanes of at least 4 members (excludes halogenated alkanes) is 1. The van der Waals surface area contributed by atoms with Crippen LogP contribution in [0.5, 0.6) is 5.75 Å². The first-order valence-corrected chi connectivity index (χ1v) is 17.8. The number of anilines is 1. The minimum absolute atomic E-state index is 0.0585. The van der Waals surface area contributed by atoms with Gasteiger partial charge >= 0.3 is 13.7 Å². The van der Waals surface area contributed by atoms with Crippen molar-refractivity contribution < 1.29 is 27.9 Å². The van der Waals surface area contributed by atoms with E-state index in [2.05, 4.69) is 21.6 Å². The first-order valence-electron chi connectivity index (χ1n) is 16.3. The molecule has 0 saturated carbocycles. The van der Waals surface area contributed by atoms with E-state index in [1.165, 1.54) is 0 Å². The van der Waals surface area contributed by atoms with E-state index in [4.69, 9.17) is 29.2 Å². The highest BCUT2D eigenvalue weighted by Gasteiger charge is 2.39. The zero-order chi connectivity index (χ0) is 34.1. The third kappa shape index (κ3) is 8.22. The van der Waals surface area contributed by atoms with E-state index in [0.717, 1.165) is 34.8 Å². The summed E-state index contributed by atoms with van der Waals surface area (Å²) in [6.07, 6.45) is 2.39. The molecule has 0 aliphatic carbocycles. The van der Waals surface area contributed by atoms with Gasteiger partial charge in [0.05, 0.1) is 23.2 Å². The number of carbonyl (C=O) groups excluding carboxylic acids is 1. The van der Waals surface area contributed by atoms with Gasteiger partial charge in [0.1, 0.15) is 36.3 Å². The average molecular weight is 674 g/mol. The largest absolute Gasteiger partial charge is 0.460 e. The number of nitrogens with zero attached hydrogens (tertiary/aromatic N) is 3. The number of para-hydroxylation sites is 2. The van der Waals surface area contributed by atoms with Gasteiger partial charge in [0.15, 0.2) is 5.82 Å². The molecule has 2 heterocycles. The second kappa shape index (κ2) is 15.7. The Morgan fingerprint density at radius 3 is 2.38 bits per heavy atom. The van der Waals surface area contributed by atoms with Crippen LogP contribution in [-0.4, -0.2) is 39.8 Å². The van der Waals surface area contributed by atoms with E-state index in [-0.39, 0.29) is 19.8 Å². The summed E-state index contributed by atoms with van der Waals surface area (Å²) in [6, 6.07) is 24.8. The highest BCUT2D eigenvalue weighted by molar-refractivity contribution is 7.52. The zero-order valence-corrected chi connectivity index (χ0v) is 28.8. The molecule has 0 fully saturated rings. The molecule has 0 aliphatic heterocycles. The summed E-state index contributed by atoms with van der Waals surface area (Å²) in [5.41, 5.74) is 8.59. The predicted octanol–water partition coefficient (Wildman–Crippen LogP) is 7.53. The summed E-state index contributed by atoms with van der Waals surface area (Å²) < 4.78 is 40.4. The lowest BCUT2D eigenvalue weighted by Crippen LogP contribution is -2.39. The van der Waals surface area contributed by atoms with Crippen LogP contribution in [0.15, 0.2) is 84.9 Å². The van der Waals surface area contributed by atoms with Crippen molar-refractivity contribution in [3.8, 4) is 5.75 Å². The number of benzene rings is 3. The standard InChI is InChI=1S/C36H44N5O6P/c1-5-7-22-36(4,41-31(24-44-6-2)39-32-33(41)29-20-14-15-21-30(29)38-34(32)37)25-46-48(43,47-28-18-12-9-13-19-28)40-26(3)35(42)45-23-27-16-10-8-11-17-27/h8-21,26H,5-7,22-25H2,1-4H3,(H2,37,38)(H,40,43)/t26-,36-,48-/m0/s1. The van der Waals surface area contributed by atoms with Crippen LogP contribution in [0.25, 0.3) is 21.9 Å². The third-order valence-electron chi connectivity index (χ3n) is 8.08. The van der Waals surface area contributed by atoms with E-state index in [9.17, 15) is 9.36 Å². The summed E-state index contributed by atoms with van der Waals surface area (Å²) in [5, 5.41) is 3.71. The van der Waals surface area contributed by atoms with E-state index in [1.54, 1.807) is 31.2 Å². The molecule has 48 heavy (non-hydrogen) atoms. The van der Waals surface area contributed by atoms with Gasteiger partial charge in [-0.2, -0.15) is 5.09 Å². The Bertz CT molecular complexity index is 1870. The van der Waals surface area contributed by atoms with Crippen LogP contribution < -0.4 is 15.3 Å². The van der Waals surface area contributed by atoms with Crippen LogP contribution in [0.4, 0.5) is 5.82 Å². The Balaban J connectivity index is 1.51. The van der Waals surface area contributed by atoms with Gasteiger partial charge in [-0.3, -0.25) is 9.32 Å². The molecule has 0 aliphatic rings. The second-order valence-electron chi connectivity index (χ2n) is 11.9. The molecule has 254 valence electrons. The Labute approximate surface area is 281 Å². The van der Waals surface area contributed by atoms with Crippen LogP contribution in [0.1, 0.15) is 58.3 Å². The average Bonchev–Trinajstić information content (AvgIpc) is 3.50. The normalized spacial score (nSPS) is 14.8. The lowest BCUT2D eigenvalue weighted by atomic mass is 9.94. The van der Waals surface area contributed by atoms with Gasteiger partial charge in [0.2, 0.25) is 0 Å². The fourth-order valence-electron chi connectivity index (χ4n) is 5.60. The number of aromatic nitrogens is 3. The molecule has 0 radical (unpaired) electrons. The molecule has 0 amide bonds. The Kier molecular flexibility index (Phi) is 11.5. The van der Waals surface area contributed by atoms with Gasteiger partial charge in [0, 0.05) is 12.0 Å². The summed E-state index contributed by atoms with van der Waals surface area (Å²) in [6.45, 7) is 8.37. The van der Waals surface area contributed by atoms with Gasteiger partial charge in [-0.25, -0.2) is 14.5 Å². The molecule has 2 aromatic heterocycles. The van der Waals surface area contributed by atoms with Crippen LogP contribution >= 0.6 is 7.75 Å². The quantitative estimate of drug-likeness (QED) is 0.0752. The van der Waals surface area contributed by atoms with Crippen LogP contribution in [0.2, 0.25) is 0 Å². The van der Waals surface area contributed by atoms with E-state index >= 15 is 0 Å². The number of esters is 1. The number of pyridine rings is 1. The number of hydrogen-bond acceptors (Lipinski definition) is 9. The second-order valence-corrected chi connectivity index (χ2v) is 13.6. The summed E-state index contributed by atoms with van der Waals surface area (Å²) in [4.78, 5) is 22.6. The number of nitrogens with two attached hydrogens (primary N) is 1. The third-order valence-corrected chi connectivity index (χ3v) is 9.70. The van der Waals surface area contributed by atoms with E-state index in [0.29, 0.717) is 35.9 Å². The molecular formula is C36H44N5O6P. The van der Waals surface area contributed by atoms with Gasteiger partial charge in [0.25, 0.3) is 0 Å². The number of nitrogen functional groups attached to an aromatic ring is 1. The van der Waals surface area contributed by atoms with Crippen molar-refractivity contribution in [1.29, 1.82) is 0 Å². The highest BCUT2D eigenvalue weighted by atomic mass is 31.2. The number of hydrogen-bond donors (Lipinski definition) is 2. The Morgan fingerprint density at radius 2 is 1.67 bits per heavy atom. The topological polar surface area (TPSA) is 140 Å². The van der Waals surface area contributed by atoms with Crippen molar-refractivity contribution in [2.75, 3.05) is 18.9 Å². The number of fused-ring (bicyclic) bond motifs is 3. The van der Waals surface area contributed by atoms with Gasteiger partial charge in [-0.15, -0.1) is 0 Å². The molecule has 0 spiro atoms. The van der Waals surface area contributed by atoms with Crippen molar-refractivity contribution in [1.82, 2.24) is 19.6 Å². The molecule has 0 bridgehead atoms. The number of nitrogens with one attached hydrogen (secondary N) is 1. The molecule has 11 nitrogen and oxygen atoms in total. The SMILES string of the molecule is CCCC[C@@](C)(CO[P@@](=O)(N[C@@H](C)C(=O)OCc1ccccc1)Oc1ccccc1)n1c(COCC)nc2c(N)nc3ccccc3c21. The Hall–Kier alpha value is -4.28. The molecule has 3 N–H and O–H groups in total. The smallest absolute Gasteiger partial charge is 0.459 e. The van der Waals surface area contributed by atoms with Crippen LogP contribution in [-0.2, 0) is 42.1 Å². The van der Waals surface area contributed by atoms with Crippen LogP contribution in [0, 0.1) is 0 Å². The molecule has 3 atom stereocenters. The number of carbonyl (C=O) groups is 1. The lowest BCUT2D eigenvalue weighted by Gasteiger charge is -2.35. The first kappa shape index (κ1) is 35.0. The molecule has 5 aromatic rings. The number of rotatable bonds is 17. The molecule has 12 heteroatoms. The molecule has 0 unspecified atom stereocenters. The van der Waals surface area contributed by atoms with Crippen molar-refractivity contribution >= 4 is 41.5 Å². The van der Waals surface area contributed by atoms with Gasteiger partial charge in [-0.05, 0) is 51.0 Å². The molecule has 5 rings (SSSR count). The maximum Gasteiger partial charge on any atom is 0.459 e. The molecule has 3 aromatic carbocycles. The van der Waals surface area contributed by atoms with Crippen molar-refractivity contribution in [3.05, 3.63) is 96.3 Å². The van der Waals surface area contributed by atoms with Crippen molar-refractivity contribution in [3.63, 3.8) is 0 Å². The minimum Gasteiger partial charge on any atom is -0.460 e.